The van der Waals surface area contributed by atoms with Crippen LogP contribution in [0.4, 0.5) is 41.6 Å². The highest BCUT2D eigenvalue weighted by Gasteiger charge is 2.51. The van der Waals surface area contributed by atoms with Crippen molar-refractivity contribution in [2.45, 2.75) is 45.1 Å². The molecule has 12 rings (SSSR count). The van der Waals surface area contributed by atoms with Gasteiger partial charge in [0.2, 0.25) is 5.91 Å². The van der Waals surface area contributed by atoms with Gasteiger partial charge >= 0.3 is 13.3 Å². The van der Waals surface area contributed by atoms with Gasteiger partial charge in [-0.15, -0.1) is 0 Å². The minimum Gasteiger partial charge on any atom is -0.494 e. The second-order valence-corrected chi connectivity index (χ2v) is 21.6. The van der Waals surface area contributed by atoms with Crippen LogP contribution < -0.4 is 37.0 Å². The number of fused-ring (bicyclic) bond motifs is 3. The van der Waals surface area contributed by atoms with Crippen molar-refractivity contribution in [3.8, 4) is 44.9 Å². The first-order chi connectivity index (χ1) is 41.2. The summed E-state index contributed by atoms with van der Waals surface area (Å²) < 4.78 is 62.8. The molecule has 0 radical (unpaired) electrons. The van der Waals surface area contributed by atoms with E-state index >= 15 is 0 Å². The number of hydrogen-bond donors (Lipinski definition) is 4. The maximum Gasteiger partial charge on any atom is 0.494 e. The molecule has 8 aromatic carbocycles. The number of anilines is 5. The number of nitrogens with one attached hydrogen (secondary N) is 2. The number of nitrogens with zero attached hydrogens (tertiary/aromatic N) is 6. The molecule has 0 aliphatic carbocycles. The molecule has 434 valence electrons. The molecule has 0 bridgehead atoms. The SMILES string of the molecule is C=CC(=O)Nc1cccc(-c2cc(-c3cccc(Nc4cccc(C(F)(F)F)c4)c3)cc3cncnc23)c1.CC1(C)OB(c2cccc(N)c2)OC1(C)C.COc1cc(-c2cccc(N)c2)cc2cncnc12.COc1cc(Br)cc2cncnc12. The Labute approximate surface area is 504 Å². The molecule has 6 N–H and O–H groups in total. The number of rotatable bonds is 10. The fourth-order valence-corrected chi connectivity index (χ4v) is 9.61. The molecule has 20 heteroatoms. The first kappa shape index (κ1) is 60.8. The average molecular weight is 1220 g/mol. The van der Waals surface area contributed by atoms with Gasteiger partial charge in [0, 0.05) is 73.2 Å². The average Bonchev–Trinajstić information content (AvgIpc) is 3.80. The summed E-state index contributed by atoms with van der Waals surface area (Å²) in [5.74, 6) is 1.18. The number of halogens is 4. The van der Waals surface area contributed by atoms with Crippen LogP contribution >= 0.6 is 15.9 Å². The van der Waals surface area contributed by atoms with Gasteiger partial charge in [-0.05, 0) is 170 Å². The Morgan fingerprint density at radius 1 is 0.581 bits per heavy atom. The Morgan fingerprint density at radius 2 is 1.07 bits per heavy atom. The Morgan fingerprint density at radius 3 is 1.66 bits per heavy atom. The van der Waals surface area contributed by atoms with Crippen molar-refractivity contribution < 1.29 is 36.7 Å². The number of nitrogen functional groups attached to an aromatic ring is 2. The lowest BCUT2D eigenvalue weighted by molar-refractivity contribution is -0.137. The first-order valence-corrected chi connectivity index (χ1v) is 27.6. The standard InChI is InChI=1S/C30H21F3N4O.C15H13N3O.C12H18BNO2.C9H7BrN2O/c1-2-28(38)37-25-10-4-7-20(14-25)27-15-21(12-22-17-34-18-35-29(22)27)19-6-3-9-24(13-19)36-26-11-5-8-23(16-26)30(31,32)33;1-19-14-7-11(10-3-2-4-13(16)6-10)5-12-8-17-9-18-15(12)14;1-11(2)12(3,4)16-13(15-11)9-6-5-7-10(14)8-9;1-13-8-3-7(10)2-6-4-11-5-12-9(6)8/h2-18,36H,1H2,(H,37,38);2-9H,16H2,1H3;5-8H,14H2,1-4H3;2-5H,1H3. The minimum atomic E-state index is -4.42. The molecule has 0 spiro atoms. The lowest BCUT2D eigenvalue weighted by atomic mass is 9.79. The lowest BCUT2D eigenvalue weighted by Crippen LogP contribution is -2.41. The van der Waals surface area contributed by atoms with Crippen molar-refractivity contribution in [2.24, 2.45) is 0 Å². The summed E-state index contributed by atoms with van der Waals surface area (Å²) in [7, 11) is 2.94. The summed E-state index contributed by atoms with van der Waals surface area (Å²) >= 11 is 3.39. The highest BCUT2D eigenvalue weighted by atomic mass is 79.9. The maximum atomic E-state index is 13.1. The van der Waals surface area contributed by atoms with Gasteiger partial charge in [-0.1, -0.05) is 77.1 Å². The minimum absolute atomic E-state index is 0.303. The van der Waals surface area contributed by atoms with Crippen molar-refractivity contribution in [3.63, 3.8) is 0 Å². The quantitative estimate of drug-likeness (QED) is 0.0571. The zero-order valence-electron chi connectivity index (χ0n) is 47.7. The molecule has 0 atom stereocenters. The van der Waals surface area contributed by atoms with E-state index in [0.717, 1.165) is 111 Å². The van der Waals surface area contributed by atoms with E-state index in [1.54, 1.807) is 51.0 Å². The van der Waals surface area contributed by atoms with Crippen LogP contribution in [-0.4, -0.2) is 68.4 Å². The monoisotopic (exact) mass is 1220 g/mol. The van der Waals surface area contributed by atoms with Gasteiger partial charge in [-0.3, -0.25) is 4.79 Å². The van der Waals surface area contributed by atoms with Crippen LogP contribution in [0, 0.1) is 0 Å². The van der Waals surface area contributed by atoms with E-state index in [2.05, 4.69) is 63.0 Å². The predicted molar refractivity (Wildman–Crippen MR) is 340 cm³/mol. The van der Waals surface area contributed by atoms with E-state index in [4.69, 9.17) is 30.2 Å². The number of methoxy groups -OCH3 is 2. The van der Waals surface area contributed by atoms with Crippen molar-refractivity contribution in [1.82, 2.24) is 29.9 Å². The molecule has 0 unspecified atom stereocenters. The topological polar surface area (TPSA) is 207 Å². The number of hydrogen-bond acceptors (Lipinski definition) is 14. The third-order valence-electron chi connectivity index (χ3n) is 14.1. The van der Waals surface area contributed by atoms with Crippen LogP contribution in [0.3, 0.4) is 0 Å². The van der Waals surface area contributed by atoms with Gasteiger partial charge in [-0.25, -0.2) is 29.9 Å². The van der Waals surface area contributed by atoms with Crippen molar-refractivity contribution in [1.29, 1.82) is 0 Å². The molecule has 15 nitrogen and oxygen atoms in total. The van der Waals surface area contributed by atoms with Crippen LogP contribution in [0.25, 0.3) is 66.1 Å². The molecule has 1 saturated heterocycles. The van der Waals surface area contributed by atoms with Gasteiger partial charge in [0.25, 0.3) is 0 Å². The number of nitrogens with two attached hydrogens (primary N) is 2. The highest BCUT2D eigenvalue weighted by molar-refractivity contribution is 9.10. The summed E-state index contributed by atoms with van der Waals surface area (Å²) in [6, 6.07) is 47.1. The van der Waals surface area contributed by atoms with Gasteiger partial charge in [-0.2, -0.15) is 13.2 Å². The summed E-state index contributed by atoms with van der Waals surface area (Å²) in [6.45, 7) is 11.7. The highest BCUT2D eigenvalue weighted by Crippen LogP contribution is 2.39. The second-order valence-electron chi connectivity index (χ2n) is 20.6. The van der Waals surface area contributed by atoms with Gasteiger partial charge < -0.3 is 40.9 Å². The Bertz CT molecular complexity index is 4230. The lowest BCUT2D eigenvalue weighted by Gasteiger charge is -2.32. The van der Waals surface area contributed by atoms with Crippen LogP contribution in [0.1, 0.15) is 33.3 Å². The van der Waals surface area contributed by atoms with Crippen LogP contribution in [0.15, 0.2) is 212 Å². The fourth-order valence-electron chi connectivity index (χ4n) is 9.15. The number of benzene rings is 8. The van der Waals surface area contributed by atoms with Crippen LogP contribution in [-0.2, 0) is 20.3 Å². The van der Waals surface area contributed by atoms with E-state index in [-0.39, 0.29) is 24.2 Å². The van der Waals surface area contributed by atoms with E-state index < -0.39 is 11.7 Å². The normalized spacial score (nSPS) is 13.0. The van der Waals surface area contributed by atoms with Crippen molar-refractivity contribution >= 4 is 95.6 Å². The number of carbonyl (C=O) groups excluding carboxylic acids is 1. The van der Waals surface area contributed by atoms with Gasteiger partial charge in [0.05, 0.1) is 36.5 Å². The number of alkyl halides is 3. The number of aromatic nitrogens is 6. The zero-order valence-corrected chi connectivity index (χ0v) is 49.3. The van der Waals surface area contributed by atoms with E-state index in [1.807, 2.05) is 149 Å². The summed E-state index contributed by atoms with van der Waals surface area (Å²) in [5.41, 5.74) is 22.2. The fraction of sp³-hybridized carbons (Fsp3) is 0.136. The molecule has 3 aromatic heterocycles. The molecule has 1 fully saturated rings. The number of carbonyl (C=O) groups is 1. The van der Waals surface area contributed by atoms with Crippen molar-refractivity contribution in [2.75, 3.05) is 36.3 Å². The molecule has 86 heavy (non-hydrogen) atoms. The molecule has 4 heterocycles. The van der Waals surface area contributed by atoms with E-state index in [0.29, 0.717) is 17.1 Å². The number of ether oxygens (including phenoxy) is 2. The molecule has 11 aromatic rings. The summed E-state index contributed by atoms with van der Waals surface area (Å²) in [5, 5.41) is 8.57. The summed E-state index contributed by atoms with van der Waals surface area (Å²) in [6.07, 6.45) is 6.56. The Kier molecular flexibility index (Phi) is 18.7. The molecular formula is C66H59BBrF3N10O5. The largest absolute Gasteiger partial charge is 0.494 e. The van der Waals surface area contributed by atoms with E-state index in [1.165, 1.54) is 31.1 Å². The third-order valence-corrected chi connectivity index (χ3v) is 14.6. The molecule has 1 aliphatic rings. The smallest absolute Gasteiger partial charge is 0.494 e. The van der Waals surface area contributed by atoms with Crippen LogP contribution in [0.5, 0.6) is 11.5 Å². The third kappa shape index (κ3) is 14.8. The van der Waals surface area contributed by atoms with Crippen molar-refractivity contribution in [3.05, 3.63) is 218 Å². The first-order valence-electron chi connectivity index (χ1n) is 26.8. The summed E-state index contributed by atoms with van der Waals surface area (Å²) in [4.78, 5) is 36.8. The molecular weight excluding hydrogens is 1160 g/mol. The Balaban J connectivity index is 0.000000153. The van der Waals surface area contributed by atoms with Gasteiger partial charge in [0.15, 0.2) is 0 Å². The van der Waals surface area contributed by atoms with Gasteiger partial charge in [0.1, 0.15) is 41.5 Å². The zero-order chi connectivity index (χ0) is 61.2. The number of amides is 1. The maximum absolute atomic E-state index is 13.1. The molecule has 1 aliphatic heterocycles. The Hall–Kier alpha value is -9.76. The van der Waals surface area contributed by atoms with E-state index in [9.17, 15) is 18.0 Å². The molecule has 0 saturated carbocycles. The molecule has 1 amide bonds. The second kappa shape index (κ2) is 26.4. The predicted octanol–water partition coefficient (Wildman–Crippen LogP) is 14.7. The van der Waals surface area contributed by atoms with Crippen LogP contribution in [0.2, 0.25) is 0 Å².